The van der Waals surface area contributed by atoms with Crippen LogP contribution in [-0.2, 0) is 13.1 Å². The standard InChI is InChI=1S/C24H20ClN5O4/c1-33-19-4-2-3-16-11-20(34-21(16)19)23(31)26-9-10-30-22-18(12-28-30)24(32)29(14-27-22)13-15-5-7-17(25)8-6-15/h2-8,11-12,14H,9-10,13H2,1H3,(H,26,31). The highest BCUT2D eigenvalue weighted by atomic mass is 35.5. The molecule has 0 spiro atoms. The van der Waals surface area contributed by atoms with Gasteiger partial charge in [-0.3, -0.25) is 14.2 Å². The summed E-state index contributed by atoms with van der Waals surface area (Å²) in [6.07, 6.45) is 2.99. The second-order valence-electron chi connectivity index (χ2n) is 7.65. The predicted octanol–water partition coefficient (Wildman–Crippen LogP) is 3.48. The summed E-state index contributed by atoms with van der Waals surface area (Å²) in [5.41, 5.74) is 1.73. The molecule has 0 aliphatic carbocycles. The summed E-state index contributed by atoms with van der Waals surface area (Å²) in [5.74, 6) is 0.397. The van der Waals surface area contributed by atoms with Gasteiger partial charge in [0.15, 0.2) is 22.7 Å². The van der Waals surface area contributed by atoms with Gasteiger partial charge < -0.3 is 14.5 Å². The Hall–Kier alpha value is -4.11. The number of ether oxygens (including phenoxy) is 1. The van der Waals surface area contributed by atoms with Crippen molar-refractivity contribution < 1.29 is 13.9 Å². The molecular formula is C24H20ClN5O4. The third kappa shape index (κ3) is 4.13. The number of carbonyl (C=O) groups excluding carboxylic acids is 1. The van der Waals surface area contributed by atoms with Crippen molar-refractivity contribution in [3.63, 3.8) is 0 Å². The van der Waals surface area contributed by atoms with E-state index in [1.807, 2.05) is 24.3 Å². The maximum Gasteiger partial charge on any atom is 0.287 e. The fourth-order valence-corrected chi connectivity index (χ4v) is 3.86. The van der Waals surface area contributed by atoms with Crippen LogP contribution in [0.25, 0.3) is 22.0 Å². The van der Waals surface area contributed by atoms with Gasteiger partial charge in [0.2, 0.25) is 0 Å². The Balaban J connectivity index is 1.27. The van der Waals surface area contributed by atoms with E-state index in [1.54, 1.807) is 36.1 Å². The van der Waals surface area contributed by atoms with Crippen molar-refractivity contribution in [3.05, 3.63) is 87.8 Å². The Bertz CT molecular complexity index is 1550. The zero-order valence-corrected chi connectivity index (χ0v) is 19.0. The first-order chi connectivity index (χ1) is 16.5. The van der Waals surface area contributed by atoms with Crippen molar-refractivity contribution in [1.29, 1.82) is 0 Å². The number of aromatic nitrogens is 4. The number of fused-ring (bicyclic) bond motifs is 2. The molecule has 1 amide bonds. The number of nitrogens with zero attached hydrogens (tertiary/aromatic N) is 4. The zero-order chi connectivity index (χ0) is 23.7. The molecule has 2 aromatic carbocycles. The molecule has 0 atom stereocenters. The summed E-state index contributed by atoms with van der Waals surface area (Å²) < 4.78 is 14.1. The highest BCUT2D eigenvalue weighted by Crippen LogP contribution is 2.28. The highest BCUT2D eigenvalue weighted by Gasteiger charge is 2.15. The van der Waals surface area contributed by atoms with Crippen molar-refractivity contribution in [3.8, 4) is 5.75 Å². The van der Waals surface area contributed by atoms with E-state index in [1.165, 1.54) is 17.1 Å². The van der Waals surface area contributed by atoms with Crippen molar-refractivity contribution >= 4 is 39.5 Å². The van der Waals surface area contributed by atoms with Gasteiger partial charge in [-0.05, 0) is 29.8 Å². The number of benzene rings is 2. The maximum atomic E-state index is 12.9. The van der Waals surface area contributed by atoms with E-state index in [0.29, 0.717) is 40.5 Å². The van der Waals surface area contributed by atoms with Crippen LogP contribution in [0.2, 0.25) is 5.02 Å². The normalized spacial score (nSPS) is 11.2. The van der Waals surface area contributed by atoms with E-state index < -0.39 is 0 Å². The number of amides is 1. The van der Waals surface area contributed by atoms with E-state index in [9.17, 15) is 9.59 Å². The molecule has 3 heterocycles. The largest absolute Gasteiger partial charge is 0.493 e. The molecule has 9 nitrogen and oxygen atoms in total. The molecule has 34 heavy (non-hydrogen) atoms. The van der Waals surface area contributed by atoms with Crippen LogP contribution in [0.15, 0.2) is 70.3 Å². The van der Waals surface area contributed by atoms with Crippen molar-refractivity contribution in [2.24, 2.45) is 0 Å². The quantitative estimate of drug-likeness (QED) is 0.385. The van der Waals surface area contributed by atoms with Crippen LogP contribution in [0.4, 0.5) is 0 Å². The van der Waals surface area contributed by atoms with Crippen LogP contribution in [0.1, 0.15) is 16.1 Å². The molecule has 0 unspecified atom stereocenters. The number of nitrogens with one attached hydrogen (secondary N) is 1. The molecule has 172 valence electrons. The fraction of sp³-hybridized carbons (Fsp3) is 0.167. The first-order valence-electron chi connectivity index (χ1n) is 10.5. The molecule has 5 rings (SSSR count). The minimum Gasteiger partial charge on any atom is -0.493 e. The minimum absolute atomic E-state index is 0.188. The fourth-order valence-electron chi connectivity index (χ4n) is 3.73. The molecule has 0 radical (unpaired) electrons. The van der Waals surface area contributed by atoms with E-state index in [4.69, 9.17) is 20.8 Å². The van der Waals surface area contributed by atoms with E-state index in [0.717, 1.165) is 10.9 Å². The Labute approximate surface area is 198 Å². The smallest absolute Gasteiger partial charge is 0.287 e. The number of carbonyl (C=O) groups is 1. The Morgan fingerprint density at radius 2 is 2.03 bits per heavy atom. The average Bonchev–Trinajstić information content (AvgIpc) is 3.47. The predicted molar refractivity (Wildman–Crippen MR) is 127 cm³/mol. The lowest BCUT2D eigenvalue weighted by molar-refractivity contribution is 0.0926. The molecule has 0 fully saturated rings. The lowest BCUT2D eigenvalue weighted by Gasteiger charge is -2.07. The number of rotatable bonds is 7. The van der Waals surface area contributed by atoms with E-state index >= 15 is 0 Å². The monoisotopic (exact) mass is 477 g/mol. The molecule has 0 aliphatic rings. The first-order valence-corrected chi connectivity index (χ1v) is 10.9. The van der Waals surface area contributed by atoms with Gasteiger partial charge in [-0.1, -0.05) is 35.9 Å². The Kier molecular flexibility index (Phi) is 5.77. The van der Waals surface area contributed by atoms with Gasteiger partial charge in [0.25, 0.3) is 11.5 Å². The molecule has 10 heteroatoms. The van der Waals surface area contributed by atoms with Gasteiger partial charge in [-0.15, -0.1) is 0 Å². The van der Waals surface area contributed by atoms with Crippen LogP contribution < -0.4 is 15.6 Å². The van der Waals surface area contributed by atoms with E-state index in [2.05, 4.69) is 15.4 Å². The molecule has 0 saturated carbocycles. The Morgan fingerprint density at radius 3 is 2.82 bits per heavy atom. The summed E-state index contributed by atoms with van der Waals surface area (Å²) >= 11 is 5.93. The molecule has 1 N–H and O–H groups in total. The lowest BCUT2D eigenvalue weighted by atomic mass is 10.2. The van der Waals surface area contributed by atoms with Gasteiger partial charge in [-0.25, -0.2) is 9.67 Å². The summed E-state index contributed by atoms with van der Waals surface area (Å²) in [7, 11) is 1.55. The average molecular weight is 478 g/mol. The third-order valence-corrected chi connectivity index (χ3v) is 5.70. The van der Waals surface area contributed by atoms with Gasteiger partial charge in [0, 0.05) is 17.0 Å². The molecule has 0 bridgehead atoms. The second-order valence-corrected chi connectivity index (χ2v) is 8.09. The maximum absolute atomic E-state index is 12.9. The van der Waals surface area contributed by atoms with Crippen molar-refractivity contribution in [1.82, 2.24) is 24.6 Å². The summed E-state index contributed by atoms with van der Waals surface area (Å²) in [6, 6.07) is 14.4. The van der Waals surface area contributed by atoms with Crippen LogP contribution in [0.5, 0.6) is 5.75 Å². The number of para-hydroxylation sites is 1. The van der Waals surface area contributed by atoms with Crippen molar-refractivity contribution in [2.75, 3.05) is 13.7 Å². The molecule has 3 aromatic heterocycles. The third-order valence-electron chi connectivity index (χ3n) is 5.45. The number of hydrogen-bond donors (Lipinski definition) is 1. The SMILES string of the molecule is COc1cccc2cc(C(=O)NCCn3ncc4c(=O)n(Cc5ccc(Cl)cc5)cnc43)oc12. The van der Waals surface area contributed by atoms with Crippen molar-refractivity contribution in [2.45, 2.75) is 13.1 Å². The molecule has 0 saturated heterocycles. The Morgan fingerprint density at radius 1 is 1.21 bits per heavy atom. The van der Waals surface area contributed by atoms with Gasteiger partial charge in [0.05, 0.1) is 26.4 Å². The summed E-state index contributed by atoms with van der Waals surface area (Å²) in [5, 5.41) is 8.91. The van der Waals surface area contributed by atoms with E-state index in [-0.39, 0.29) is 23.8 Å². The number of halogens is 1. The van der Waals surface area contributed by atoms with Crippen LogP contribution in [0, 0.1) is 0 Å². The molecular weight excluding hydrogens is 458 g/mol. The minimum atomic E-state index is -0.354. The highest BCUT2D eigenvalue weighted by molar-refractivity contribution is 6.30. The van der Waals surface area contributed by atoms with Crippen LogP contribution in [0.3, 0.4) is 0 Å². The first kappa shape index (κ1) is 21.7. The number of methoxy groups -OCH3 is 1. The number of hydrogen-bond acceptors (Lipinski definition) is 6. The second kappa shape index (κ2) is 9.03. The zero-order valence-electron chi connectivity index (χ0n) is 18.2. The number of furan rings is 1. The van der Waals surface area contributed by atoms with Gasteiger partial charge >= 0.3 is 0 Å². The van der Waals surface area contributed by atoms with Gasteiger partial charge in [-0.2, -0.15) is 5.10 Å². The van der Waals surface area contributed by atoms with Crippen LogP contribution >= 0.6 is 11.6 Å². The van der Waals surface area contributed by atoms with Gasteiger partial charge in [0.1, 0.15) is 11.7 Å². The summed E-state index contributed by atoms with van der Waals surface area (Å²) in [4.78, 5) is 29.8. The molecule has 5 aromatic rings. The lowest BCUT2D eigenvalue weighted by Crippen LogP contribution is -2.27. The molecule has 0 aliphatic heterocycles. The summed E-state index contributed by atoms with van der Waals surface area (Å²) in [6.45, 7) is 0.994. The topological polar surface area (TPSA) is 104 Å². The van der Waals surface area contributed by atoms with Crippen LogP contribution in [-0.4, -0.2) is 38.9 Å².